The molecular weight excluding hydrogens is 224 g/mol. The Balaban J connectivity index is 3.01. The van der Waals surface area contributed by atoms with E-state index < -0.39 is 11.6 Å². The highest BCUT2D eigenvalue weighted by Crippen LogP contribution is 2.24. The molecule has 0 N–H and O–H groups in total. The van der Waals surface area contributed by atoms with Gasteiger partial charge in [-0.2, -0.15) is 0 Å². The van der Waals surface area contributed by atoms with E-state index in [2.05, 4.69) is 0 Å². The summed E-state index contributed by atoms with van der Waals surface area (Å²) < 4.78 is 27.3. The molecule has 1 unspecified atom stereocenters. The summed E-state index contributed by atoms with van der Waals surface area (Å²) in [5.74, 6) is -1.04. The van der Waals surface area contributed by atoms with Crippen molar-refractivity contribution in [2.45, 2.75) is 20.3 Å². The fourth-order valence-electron chi connectivity index (χ4n) is 1.71. The normalized spacial score (nSPS) is 12.3. The Morgan fingerprint density at radius 1 is 1.35 bits per heavy atom. The van der Waals surface area contributed by atoms with E-state index >= 15 is 0 Å². The summed E-state index contributed by atoms with van der Waals surface area (Å²) in [7, 11) is 1.65. The summed E-state index contributed by atoms with van der Waals surface area (Å²) in [6, 6.07) is 2.11. The van der Waals surface area contributed by atoms with Crippen LogP contribution in [0, 0.1) is 17.6 Å². The Bertz CT molecular complexity index is 383. The van der Waals surface area contributed by atoms with Crippen molar-refractivity contribution in [2.24, 2.45) is 5.92 Å². The quantitative estimate of drug-likeness (QED) is 0.737. The maximum Gasteiger partial charge on any atom is 0.150 e. The molecule has 1 aromatic rings. The topological polar surface area (TPSA) is 20.3 Å². The lowest BCUT2D eigenvalue weighted by Crippen LogP contribution is -2.25. The van der Waals surface area contributed by atoms with Crippen molar-refractivity contribution >= 4 is 12.0 Å². The Morgan fingerprint density at radius 3 is 2.29 bits per heavy atom. The van der Waals surface area contributed by atoms with Crippen molar-refractivity contribution in [1.82, 2.24) is 0 Å². The third-order valence-electron chi connectivity index (χ3n) is 2.84. The highest BCUT2D eigenvalue weighted by atomic mass is 19.1. The summed E-state index contributed by atoms with van der Waals surface area (Å²) in [5, 5.41) is 0. The molecule has 0 aliphatic rings. The van der Waals surface area contributed by atoms with Crippen LogP contribution in [0.15, 0.2) is 12.1 Å². The second kappa shape index (κ2) is 5.75. The van der Waals surface area contributed by atoms with Crippen LogP contribution in [0.3, 0.4) is 0 Å². The molecule has 0 saturated carbocycles. The van der Waals surface area contributed by atoms with Crippen LogP contribution in [0.1, 0.15) is 30.6 Å². The third-order valence-corrected chi connectivity index (χ3v) is 2.84. The van der Waals surface area contributed by atoms with E-state index in [-0.39, 0.29) is 11.3 Å². The summed E-state index contributed by atoms with van der Waals surface area (Å²) >= 11 is 0. The molecule has 0 aliphatic carbocycles. The average molecular weight is 241 g/mol. The van der Waals surface area contributed by atoms with Gasteiger partial charge in [0, 0.05) is 19.2 Å². The number of aldehydes is 1. The molecule has 94 valence electrons. The van der Waals surface area contributed by atoms with Crippen LogP contribution in [-0.4, -0.2) is 19.9 Å². The first-order chi connectivity index (χ1) is 7.99. The molecule has 0 bridgehead atoms. The molecule has 2 nitrogen and oxygen atoms in total. The molecular formula is C13H17F2NO. The largest absolute Gasteiger partial charge is 0.370 e. The molecule has 0 aliphatic heterocycles. The van der Waals surface area contributed by atoms with Gasteiger partial charge in [-0.1, -0.05) is 20.3 Å². The number of halogens is 2. The van der Waals surface area contributed by atoms with E-state index in [4.69, 9.17) is 0 Å². The molecule has 17 heavy (non-hydrogen) atoms. The number of nitrogens with zero attached hydrogens (tertiary/aromatic N) is 1. The maximum atomic E-state index is 13.7. The standard InChI is InChI=1S/C13H17F2NO/c1-4-9(2)7-16(3)13-11(14)5-10(8-17)6-12(13)15/h5-6,8-9H,4,7H2,1-3H3. The van der Waals surface area contributed by atoms with Crippen LogP contribution in [0.4, 0.5) is 14.5 Å². The SMILES string of the molecule is CCC(C)CN(C)c1c(F)cc(C=O)cc1F. The van der Waals surface area contributed by atoms with Crippen molar-refractivity contribution in [3.63, 3.8) is 0 Å². The molecule has 1 aromatic carbocycles. The minimum atomic E-state index is -0.696. The lowest BCUT2D eigenvalue weighted by Gasteiger charge is -2.23. The lowest BCUT2D eigenvalue weighted by atomic mass is 10.1. The summed E-state index contributed by atoms with van der Waals surface area (Å²) in [6.07, 6.45) is 1.38. The Hall–Kier alpha value is -1.45. The van der Waals surface area contributed by atoms with Gasteiger partial charge in [-0.05, 0) is 18.1 Å². The summed E-state index contributed by atoms with van der Waals surface area (Å²) in [5.41, 5.74) is -0.0587. The molecule has 0 fully saturated rings. The van der Waals surface area contributed by atoms with E-state index in [9.17, 15) is 13.6 Å². The number of hydrogen-bond donors (Lipinski definition) is 0. The number of hydrogen-bond acceptors (Lipinski definition) is 2. The van der Waals surface area contributed by atoms with Crippen LogP contribution < -0.4 is 4.90 Å². The second-order valence-electron chi connectivity index (χ2n) is 4.34. The highest BCUT2D eigenvalue weighted by Gasteiger charge is 2.16. The van der Waals surface area contributed by atoms with Crippen molar-refractivity contribution in [3.8, 4) is 0 Å². The zero-order valence-corrected chi connectivity index (χ0v) is 10.3. The van der Waals surface area contributed by atoms with Gasteiger partial charge >= 0.3 is 0 Å². The fraction of sp³-hybridized carbons (Fsp3) is 0.462. The zero-order chi connectivity index (χ0) is 13.0. The van der Waals surface area contributed by atoms with E-state index in [0.29, 0.717) is 18.7 Å². The van der Waals surface area contributed by atoms with Crippen molar-refractivity contribution in [2.75, 3.05) is 18.5 Å². The van der Waals surface area contributed by atoms with Crippen molar-refractivity contribution in [3.05, 3.63) is 29.3 Å². The van der Waals surface area contributed by atoms with Gasteiger partial charge in [0.1, 0.15) is 23.6 Å². The minimum Gasteiger partial charge on any atom is -0.370 e. The van der Waals surface area contributed by atoms with Gasteiger partial charge in [-0.3, -0.25) is 4.79 Å². The maximum absolute atomic E-state index is 13.7. The van der Waals surface area contributed by atoms with Gasteiger partial charge in [-0.25, -0.2) is 8.78 Å². The number of rotatable bonds is 5. The molecule has 4 heteroatoms. The van der Waals surface area contributed by atoms with Crippen LogP contribution >= 0.6 is 0 Å². The van der Waals surface area contributed by atoms with Gasteiger partial charge in [-0.15, -0.1) is 0 Å². The third kappa shape index (κ3) is 3.25. The molecule has 1 rings (SSSR count). The van der Waals surface area contributed by atoms with E-state index in [1.165, 1.54) is 0 Å². The van der Waals surface area contributed by atoms with Crippen molar-refractivity contribution < 1.29 is 13.6 Å². The van der Waals surface area contributed by atoms with Crippen molar-refractivity contribution in [1.29, 1.82) is 0 Å². The number of carbonyl (C=O) groups is 1. The van der Waals surface area contributed by atoms with Crippen LogP contribution in [0.2, 0.25) is 0 Å². The smallest absolute Gasteiger partial charge is 0.150 e. The number of anilines is 1. The Kier molecular flexibility index (Phi) is 4.61. The van der Waals surface area contributed by atoms with Gasteiger partial charge < -0.3 is 4.90 Å². The Morgan fingerprint density at radius 2 is 1.88 bits per heavy atom. The molecule has 1 atom stereocenters. The molecule has 0 saturated heterocycles. The first-order valence-corrected chi connectivity index (χ1v) is 5.65. The van der Waals surface area contributed by atoms with E-state index in [1.54, 1.807) is 11.9 Å². The molecule has 0 aromatic heterocycles. The number of carbonyl (C=O) groups excluding carboxylic acids is 1. The van der Waals surface area contributed by atoms with Gasteiger partial charge in [0.25, 0.3) is 0 Å². The van der Waals surface area contributed by atoms with E-state index in [0.717, 1.165) is 18.6 Å². The summed E-state index contributed by atoms with van der Waals surface area (Å²) in [4.78, 5) is 12.0. The minimum absolute atomic E-state index is 0.0145. The molecule has 0 spiro atoms. The predicted molar refractivity (Wildman–Crippen MR) is 64.5 cm³/mol. The molecule has 0 radical (unpaired) electrons. The zero-order valence-electron chi connectivity index (χ0n) is 10.3. The predicted octanol–water partition coefficient (Wildman–Crippen LogP) is 3.26. The molecule has 0 heterocycles. The second-order valence-corrected chi connectivity index (χ2v) is 4.34. The van der Waals surface area contributed by atoms with Crippen LogP contribution in [0.5, 0.6) is 0 Å². The highest BCUT2D eigenvalue weighted by molar-refractivity contribution is 5.76. The van der Waals surface area contributed by atoms with Crippen LogP contribution in [-0.2, 0) is 0 Å². The van der Waals surface area contributed by atoms with Crippen LogP contribution in [0.25, 0.3) is 0 Å². The monoisotopic (exact) mass is 241 g/mol. The lowest BCUT2D eigenvalue weighted by molar-refractivity contribution is 0.112. The number of benzene rings is 1. The average Bonchev–Trinajstić information content (AvgIpc) is 2.27. The first kappa shape index (κ1) is 13.6. The van der Waals surface area contributed by atoms with Gasteiger partial charge in [0.2, 0.25) is 0 Å². The summed E-state index contributed by atoms with van der Waals surface area (Å²) in [6.45, 7) is 4.62. The van der Waals surface area contributed by atoms with Gasteiger partial charge in [0.05, 0.1) is 0 Å². The Labute approximate surface area is 100 Å². The molecule has 0 amide bonds. The fourth-order valence-corrected chi connectivity index (χ4v) is 1.71. The first-order valence-electron chi connectivity index (χ1n) is 5.65. The van der Waals surface area contributed by atoms with Gasteiger partial charge in [0.15, 0.2) is 0 Å². The van der Waals surface area contributed by atoms with E-state index in [1.807, 2.05) is 13.8 Å².